The second kappa shape index (κ2) is 5.19. The minimum atomic E-state index is -0.0637. The maximum Gasteiger partial charge on any atom is 0.279 e. The van der Waals surface area contributed by atoms with Crippen LogP contribution in [0.4, 0.5) is 5.69 Å². The molecule has 0 saturated carbocycles. The number of benzene rings is 1. The third-order valence-corrected chi connectivity index (χ3v) is 2.58. The molecular formula is C13H18N2O2. The van der Waals surface area contributed by atoms with Gasteiger partial charge in [0.15, 0.2) is 0 Å². The molecule has 0 spiro atoms. The van der Waals surface area contributed by atoms with Gasteiger partial charge in [0, 0.05) is 11.7 Å². The second-order valence-corrected chi connectivity index (χ2v) is 4.44. The Kier molecular flexibility index (Phi) is 3.64. The number of anilines is 1. The summed E-state index contributed by atoms with van der Waals surface area (Å²) in [5.74, 6) is -0.0637. The maximum atomic E-state index is 12.2. The molecule has 1 aromatic carbocycles. The van der Waals surface area contributed by atoms with E-state index < -0.39 is 0 Å². The summed E-state index contributed by atoms with van der Waals surface area (Å²) in [6.07, 6.45) is 0.908. The third-order valence-electron chi connectivity index (χ3n) is 2.58. The number of amides is 1. The predicted molar refractivity (Wildman–Crippen MR) is 66.8 cm³/mol. The van der Waals surface area contributed by atoms with Crippen molar-refractivity contribution in [1.29, 1.82) is 0 Å². The number of hydroxylamine groups is 2. The quantitative estimate of drug-likeness (QED) is 0.872. The van der Waals surface area contributed by atoms with Crippen LogP contribution >= 0.6 is 0 Å². The Morgan fingerprint density at radius 3 is 2.82 bits per heavy atom. The number of rotatable bonds is 3. The van der Waals surface area contributed by atoms with Crippen LogP contribution in [0.2, 0.25) is 0 Å². The first-order valence-electron chi connectivity index (χ1n) is 5.99. The molecule has 1 heterocycles. The van der Waals surface area contributed by atoms with Crippen molar-refractivity contribution in [3.8, 4) is 0 Å². The van der Waals surface area contributed by atoms with Gasteiger partial charge in [-0.25, -0.2) is 5.06 Å². The van der Waals surface area contributed by atoms with E-state index in [0.717, 1.165) is 12.1 Å². The zero-order valence-electron chi connectivity index (χ0n) is 10.3. The second-order valence-electron chi connectivity index (χ2n) is 4.44. The van der Waals surface area contributed by atoms with E-state index in [-0.39, 0.29) is 5.91 Å². The van der Waals surface area contributed by atoms with Gasteiger partial charge in [0.05, 0.1) is 18.7 Å². The zero-order valence-corrected chi connectivity index (χ0v) is 10.3. The third kappa shape index (κ3) is 2.77. The Morgan fingerprint density at radius 1 is 1.41 bits per heavy atom. The van der Waals surface area contributed by atoms with Crippen molar-refractivity contribution < 1.29 is 9.63 Å². The molecule has 0 aliphatic carbocycles. The number of hydrogen-bond acceptors (Lipinski definition) is 3. The lowest BCUT2D eigenvalue weighted by molar-refractivity contribution is -0.0767. The van der Waals surface area contributed by atoms with Gasteiger partial charge in [-0.1, -0.05) is 12.1 Å². The molecule has 1 aromatic rings. The molecule has 2 rings (SSSR count). The lowest BCUT2D eigenvalue weighted by Gasteiger charge is -2.18. The predicted octanol–water partition coefficient (Wildman–Crippen LogP) is 2.28. The first kappa shape index (κ1) is 11.9. The Bertz CT molecular complexity index is 398. The van der Waals surface area contributed by atoms with Gasteiger partial charge in [-0.05, 0) is 32.4 Å². The molecule has 1 saturated heterocycles. The summed E-state index contributed by atoms with van der Waals surface area (Å²) in [5, 5.41) is 4.72. The fourth-order valence-corrected chi connectivity index (χ4v) is 1.85. The summed E-state index contributed by atoms with van der Waals surface area (Å²) >= 11 is 0. The van der Waals surface area contributed by atoms with E-state index in [4.69, 9.17) is 4.84 Å². The summed E-state index contributed by atoms with van der Waals surface area (Å²) in [6.45, 7) is 5.40. The van der Waals surface area contributed by atoms with Crippen LogP contribution in [0.1, 0.15) is 30.6 Å². The number of nitrogens with one attached hydrogen (secondary N) is 1. The average molecular weight is 234 g/mol. The smallest absolute Gasteiger partial charge is 0.279 e. The Hall–Kier alpha value is -1.55. The highest BCUT2D eigenvalue weighted by molar-refractivity contribution is 5.99. The molecule has 1 amide bonds. The van der Waals surface area contributed by atoms with Crippen LogP contribution in [0.5, 0.6) is 0 Å². The number of nitrogens with zero attached hydrogens (tertiary/aromatic N) is 1. The van der Waals surface area contributed by atoms with Crippen LogP contribution in [0.25, 0.3) is 0 Å². The summed E-state index contributed by atoms with van der Waals surface area (Å²) in [4.78, 5) is 17.5. The molecular weight excluding hydrogens is 216 g/mol. The molecule has 0 unspecified atom stereocenters. The average Bonchev–Trinajstić information content (AvgIpc) is 2.81. The van der Waals surface area contributed by atoms with Crippen molar-refractivity contribution in [1.82, 2.24) is 5.06 Å². The molecule has 4 heteroatoms. The molecule has 0 aromatic heterocycles. The topological polar surface area (TPSA) is 41.6 Å². The van der Waals surface area contributed by atoms with Crippen molar-refractivity contribution in [3.05, 3.63) is 29.8 Å². The standard InChI is InChI=1S/C13H18N2O2/c1-10(2)14-12-7-4-3-6-11(12)13(16)15-8-5-9-17-15/h3-4,6-7,10,14H,5,8-9H2,1-2H3. The summed E-state index contributed by atoms with van der Waals surface area (Å²) in [7, 11) is 0. The molecule has 1 N–H and O–H groups in total. The van der Waals surface area contributed by atoms with Crippen LogP contribution in [-0.2, 0) is 4.84 Å². The van der Waals surface area contributed by atoms with Crippen molar-refractivity contribution in [2.75, 3.05) is 18.5 Å². The minimum Gasteiger partial charge on any atom is -0.382 e. The van der Waals surface area contributed by atoms with Crippen LogP contribution < -0.4 is 5.32 Å². The molecule has 0 bridgehead atoms. The van der Waals surface area contributed by atoms with E-state index in [1.807, 2.05) is 38.1 Å². The van der Waals surface area contributed by atoms with Gasteiger partial charge >= 0.3 is 0 Å². The molecule has 4 nitrogen and oxygen atoms in total. The Balaban J connectivity index is 2.21. The van der Waals surface area contributed by atoms with Gasteiger partial charge in [-0.2, -0.15) is 0 Å². The van der Waals surface area contributed by atoms with Gasteiger partial charge in [0.1, 0.15) is 0 Å². The van der Waals surface area contributed by atoms with Crippen LogP contribution in [0, 0.1) is 0 Å². The highest BCUT2D eigenvalue weighted by Gasteiger charge is 2.22. The summed E-state index contributed by atoms with van der Waals surface area (Å²) in [5.41, 5.74) is 1.53. The Morgan fingerprint density at radius 2 is 2.18 bits per heavy atom. The van der Waals surface area contributed by atoms with E-state index in [0.29, 0.717) is 24.8 Å². The SMILES string of the molecule is CC(C)Nc1ccccc1C(=O)N1CCCO1. The first-order valence-corrected chi connectivity index (χ1v) is 5.99. The summed E-state index contributed by atoms with van der Waals surface area (Å²) < 4.78 is 0. The number of hydrogen-bond donors (Lipinski definition) is 1. The number of para-hydroxylation sites is 1. The maximum absolute atomic E-state index is 12.2. The molecule has 0 radical (unpaired) electrons. The van der Waals surface area contributed by atoms with E-state index >= 15 is 0 Å². The highest BCUT2D eigenvalue weighted by Crippen LogP contribution is 2.20. The zero-order chi connectivity index (χ0) is 12.3. The van der Waals surface area contributed by atoms with Gasteiger partial charge in [0.2, 0.25) is 0 Å². The minimum absolute atomic E-state index is 0.0637. The first-order chi connectivity index (χ1) is 8.18. The van der Waals surface area contributed by atoms with E-state index in [9.17, 15) is 4.79 Å². The van der Waals surface area contributed by atoms with Crippen LogP contribution in [0.3, 0.4) is 0 Å². The Labute approximate surface area is 102 Å². The van der Waals surface area contributed by atoms with Crippen molar-refractivity contribution in [2.24, 2.45) is 0 Å². The van der Waals surface area contributed by atoms with Crippen molar-refractivity contribution in [3.63, 3.8) is 0 Å². The van der Waals surface area contributed by atoms with E-state index in [1.165, 1.54) is 5.06 Å². The largest absolute Gasteiger partial charge is 0.382 e. The molecule has 1 aliphatic heterocycles. The molecule has 1 fully saturated rings. The van der Waals surface area contributed by atoms with Gasteiger partial charge in [-0.15, -0.1) is 0 Å². The summed E-state index contributed by atoms with van der Waals surface area (Å²) in [6, 6.07) is 7.84. The van der Waals surface area contributed by atoms with Crippen molar-refractivity contribution in [2.45, 2.75) is 26.3 Å². The monoisotopic (exact) mass is 234 g/mol. The fourth-order valence-electron chi connectivity index (χ4n) is 1.85. The van der Waals surface area contributed by atoms with Gasteiger partial charge in [0.25, 0.3) is 5.91 Å². The fraction of sp³-hybridized carbons (Fsp3) is 0.462. The molecule has 92 valence electrons. The lowest BCUT2D eigenvalue weighted by Crippen LogP contribution is -2.27. The number of carbonyl (C=O) groups excluding carboxylic acids is 1. The molecule has 17 heavy (non-hydrogen) atoms. The highest BCUT2D eigenvalue weighted by atomic mass is 16.7. The molecule has 1 aliphatic rings. The molecule has 0 atom stereocenters. The van der Waals surface area contributed by atoms with Crippen LogP contribution in [0.15, 0.2) is 24.3 Å². The van der Waals surface area contributed by atoms with Crippen molar-refractivity contribution >= 4 is 11.6 Å². The van der Waals surface area contributed by atoms with E-state index in [1.54, 1.807) is 0 Å². The van der Waals surface area contributed by atoms with Crippen LogP contribution in [-0.4, -0.2) is 30.2 Å². The number of carbonyl (C=O) groups is 1. The normalized spacial score (nSPS) is 15.4. The van der Waals surface area contributed by atoms with Gasteiger partial charge < -0.3 is 5.32 Å². The van der Waals surface area contributed by atoms with E-state index in [2.05, 4.69) is 5.32 Å². The van der Waals surface area contributed by atoms with Gasteiger partial charge in [-0.3, -0.25) is 9.63 Å². The lowest BCUT2D eigenvalue weighted by atomic mass is 10.1.